The molecule has 2 aromatic rings. The van der Waals surface area contributed by atoms with E-state index in [0.717, 1.165) is 0 Å². The normalized spacial score (nSPS) is 9.64. The van der Waals surface area contributed by atoms with Crippen LogP contribution < -0.4 is 9.47 Å². The van der Waals surface area contributed by atoms with Crippen LogP contribution in [-0.2, 0) is 4.74 Å². The number of methoxy groups -OCH3 is 1. The van der Waals surface area contributed by atoms with Crippen LogP contribution >= 0.6 is 0 Å². The molecule has 0 aromatic heterocycles. The zero-order valence-electron chi connectivity index (χ0n) is 12.1. The Balaban J connectivity index is 1.76. The maximum Gasteiger partial charge on any atom is 0.337 e. The van der Waals surface area contributed by atoms with Crippen molar-refractivity contribution in [2.24, 2.45) is 0 Å². The lowest BCUT2D eigenvalue weighted by atomic mass is 10.2. The number of ether oxygens (including phenoxy) is 3. The summed E-state index contributed by atoms with van der Waals surface area (Å²) in [5.41, 5.74) is 1.07. The second-order valence-electron chi connectivity index (χ2n) is 4.35. The molecule has 112 valence electrons. The molecule has 0 bridgehead atoms. The quantitative estimate of drug-likeness (QED) is 0.606. The van der Waals surface area contributed by atoms with Crippen molar-refractivity contribution in [3.05, 3.63) is 59.7 Å². The molecule has 0 aliphatic carbocycles. The monoisotopic (exact) mass is 297 g/mol. The number of carbonyl (C=O) groups excluding carboxylic acids is 1. The molecule has 0 aliphatic heterocycles. The van der Waals surface area contributed by atoms with Crippen LogP contribution in [0.3, 0.4) is 0 Å². The summed E-state index contributed by atoms with van der Waals surface area (Å²) in [4.78, 5) is 11.3. The van der Waals surface area contributed by atoms with Crippen LogP contribution in [0.2, 0.25) is 0 Å². The summed E-state index contributed by atoms with van der Waals surface area (Å²) in [6.45, 7) is 0.752. The zero-order valence-corrected chi connectivity index (χ0v) is 12.1. The lowest BCUT2D eigenvalue weighted by Crippen LogP contribution is -2.09. The molecule has 2 aromatic carbocycles. The highest BCUT2D eigenvalue weighted by Gasteiger charge is 2.04. The number of benzene rings is 2. The van der Waals surface area contributed by atoms with Gasteiger partial charge >= 0.3 is 5.97 Å². The van der Waals surface area contributed by atoms with E-state index in [0.29, 0.717) is 35.8 Å². The van der Waals surface area contributed by atoms with Crippen molar-refractivity contribution in [3.63, 3.8) is 0 Å². The molecular weight excluding hydrogens is 282 g/mol. The summed E-state index contributed by atoms with van der Waals surface area (Å²) in [6, 6.07) is 15.6. The largest absolute Gasteiger partial charge is 0.490 e. The number of esters is 1. The zero-order chi connectivity index (χ0) is 15.8. The average molecular weight is 297 g/mol. The summed E-state index contributed by atoms with van der Waals surface area (Å²) in [5, 5.41) is 8.70. The Morgan fingerprint density at radius 3 is 1.91 bits per heavy atom. The van der Waals surface area contributed by atoms with Crippen LogP contribution in [0, 0.1) is 11.3 Å². The van der Waals surface area contributed by atoms with Crippen molar-refractivity contribution in [1.82, 2.24) is 0 Å². The van der Waals surface area contributed by atoms with Gasteiger partial charge in [-0.2, -0.15) is 5.26 Å². The Labute approximate surface area is 128 Å². The van der Waals surface area contributed by atoms with Gasteiger partial charge in [-0.1, -0.05) is 0 Å². The van der Waals surface area contributed by atoms with Gasteiger partial charge in [-0.05, 0) is 48.5 Å². The Morgan fingerprint density at radius 1 is 0.955 bits per heavy atom. The van der Waals surface area contributed by atoms with Gasteiger partial charge in [0.1, 0.15) is 24.7 Å². The van der Waals surface area contributed by atoms with Crippen LogP contribution in [0.1, 0.15) is 15.9 Å². The first-order valence-corrected chi connectivity index (χ1v) is 6.67. The molecule has 0 saturated carbocycles. The molecule has 0 amide bonds. The summed E-state index contributed by atoms with van der Waals surface area (Å²) in [7, 11) is 1.34. The van der Waals surface area contributed by atoms with Gasteiger partial charge in [0.05, 0.1) is 24.3 Å². The van der Waals surface area contributed by atoms with Crippen LogP contribution in [0.25, 0.3) is 0 Å². The number of hydrogen-bond donors (Lipinski definition) is 0. The van der Waals surface area contributed by atoms with Crippen molar-refractivity contribution in [2.75, 3.05) is 20.3 Å². The Bertz CT molecular complexity index is 657. The molecular formula is C17H15NO4. The predicted molar refractivity (Wildman–Crippen MR) is 79.9 cm³/mol. The predicted octanol–water partition coefficient (Wildman–Crippen LogP) is 2.80. The SMILES string of the molecule is COC(=O)c1ccc(OCCOc2ccc(C#N)cc2)cc1. The lowest BCUT2D eigenvalue weighted by molar-refractivity contribution is 0.0600. The third-order valence-corrected chi connectivity index (χ3v) is 2.88. The molecule has 0 spiro atoms. The molecule has 0 unspecified atom stereocenters. The van der Waals surface area contributed by atoms with E-state index >= 15 is 0 Å². The average Bonchev–Trinajstić information content (AvgIpc) is 2.59. The number of hydrogen-bond acceptors (Lipinski definition) is 5. The molecule has 0 fully saturated rings. The van der Waals surface area contributed by atoms with Crippen molar-refractivity contribution >= 4 is 5.97 Å². The molecule has 0 N–H and O–H groups in total. The van der Waals surface area contributed by atoms with Gasteiger partial charge in [0, 0.05) is 0 Å². The summed E-state index contributed by atoms with van der Waals surface area (Å²) >= 11 is 0. The lowest BCUT2D eigenvalue weighted by Gasteiger charge is -2.08. The molecule has 2 rings (SSSR count). The van der Waals surface area contributed by atoms with E-state index in [1.165, 1.54) is 7.11 Å². The summed E-state index contributed by atoms with van der Waals surface area (Å²) in [5.74, 6) is 0.954. The maximum atomic E-state index is 11.3. The number of carbonyl (C=O) groups is 1. The summed E-state index contributed by atoms with van der Waals surface area (Å²) < 4.78 is 15.6. The van der Waals surface area contributed by atoms with Crippen molar-refractivity contribution in [1.29, 1.82) is 5.26 Å². The van der Waals surface area contributed by atoms with E-state index in [9.17, 15) is 4.79 Å². The molecule has 5 heteroatoms. The molecule has 0 heterocycles. The van der Waals surface area contributed by atoms with E-state index in [2.05, 4.69) is 4.74 Å². The van der Waals surface area contributed by atoms with Crippen molar-refractivity contribution in [3.8, 4) is 17.6 Å². The fourth-order valence-corrected chi connectivity index (χ4v) is 1.75. The third kappa shape index (κ3) is 4.25. The van der Waals surface area contributed by atoms with E-state index < -0.39 is 0 Å². The van der Waals surface area contributed by atoms with Gasteiger partial charge in [0.25, 0.3) is 0 Å². The van der Waals surface area contributed by atoms with Crippen molar-refractivity contribution in [2.45, 2.75) is 0 Å². The van der Waals surface area contributed by atoms with E-state index in [1.807, 2.05) is 6.07 Å². The van der Waals surface area contributed by atoms with Gasteiger partial charge < -0.3 is 14.2 Å². The molecule has 0 atom stereocenters. The smallest absolute Gasteiger partial charge is 0.337 e. The van der Waals surface area contributed by atoms with Crippen LogP contribution in [0.15, 0.2) is 48.5 Å². The number of rotatable bonds is 6. The maximum absolute atomic E-state index is 11.3. The van der Waals surface area contributed by atoms with E-state index in [1.54, 1.807) is 48.5 Å². The van der Waals surface area contributed by atoms with Gasteiger partial charge in [-0.25, -0.2) is 4.79 Å². The van der Waals surface area contributed by atoms with E-state index in [-0.39, 0.29) is 5.97 Å². The van der Waals surface area contributed by atoms with Gasteiger partial charge in [0.15, 0.2) is 0 Å². The Hall–Kier alpha value is -3.00. The number of nitrogens with zero attached hydrogens (tertiary/aromatic N) is 1. The minimum Gasteiger partial charge on any atom is -0.490 e. The number of nitriles is 1. The minimum atomic E-state index is -0.379. The second kappa shape index (κ2) is 7.70. The standard InChI is InChI=1S/C17H15NO4/c1-20-17(19)14-4-8-16(9-5-14)22-11-10-21-15-6-2-13(12-18)3-7-15/h2-9H,10-11H2,1H3. The van der Waals surface area contributed by atoms with Gasteiger partial charge in [0.2, 0.25) is 0 Å². The third-order valence-electron chi connectivity index (χ3n) is 2.88. The molecule has 5 nitrogen and oxygen atoms in total. The highest BCUT2D eigenvalue weighted by Crippen LogP contribution is 2.14. The fraction of sp³-hybridized carbons (Fsp3) is 0.176. The highest BCUT2D eigenvalue weighted by molar-refractivity contribution is 5.89. The second-order valence-corrected chi connectivity index (χ2v) is 4.35. The molecule has 22 heavy (non-hydrogen) atoms. The van der Waals surface area contributed by atoms with Crippen molar-refractivity contribution < 1.29 is 19.0 Å². The minimum absolute atomic E-state index is 0.373. The first-order chi connectivity index (χ1) is 10.7. The first kappa shape index (κ1) is 15.4. The highest BCUT2D eigenvalue weighted by atomic mass is 16.5. The van der Waals surface area contributed by atoms with Gasteiger partial charge in [-0.3, -0.25) is 0 Å². The Morgan fingerprint density at radius 2 is 1.45 bits per heavy atom. The fourth-order valence-electron chi connectivity index (χ4n) is 1.75. The van der Waals surface area contributed by atoms with Gasteiger partial charge in [-0.15, -0.1) is 0 Å². The summed E-state index contributed by atoms with van der Waals surface area (Å²) in [6.07, 6.45) is 0. The topological polar surface area (TPSA) is 68.6 Å². The van der Waals surface area contributed by atoms with Crippen LogP contribution in [-0.4, -0.2) is 26.3 Å². The van der Waals surface area contributed by atoms with E-state index in [4.69, 9.17) is 14.7 Å². The molecule has 0 saturated heterocycles. The van der Waals surface area contributed by atoms with Crippen LogP contribution in [0.4, 0.5) is 0 Å². The molecule has 0 aliphatic rings. The Kier molecular flexibility index (Phi) is 5.38. The van der Waals surface area contributed by atoms with Crippen LogP contribution in [0.5, 0.6) is 11.5 Å². The molecule has 0 radical (unpaired) electrons. The first-order valence-electron chi connectivity index (χ1n) is 6.67.